The van der Waals surface area contributed by atoms with E-state index in [4.69, 9.17) is 16.6 Å². The molecule has 2 aromatic carbocycles. The second-order valence-electron chi connectivity index (χ2n) is 6.63. The molecule has 0 aliphatic carbocycles. The molecule has 1 N–H and O–H groups in total. The van der Waals surface area contributed by atoms with Gasteiger partial charge in [-0.15, -0.1) is 11.8 Å². The molecule has 0 bridgehead atoms. The molecule has 0 spiro atoms. The Bertz CT molecular complexity index is 1120. The summed E-state index contributed by atoms with van der Waals surface area (Å²) in [6.45, 7) is 2.09. The number of hydrogen-bond acceptors (Lipinski definition) is 5. The van der Waals surface area contributed by atoms with Crippen LogP contribution in [-0.2, 0) is 11.2 Å². The van der Waals surface area contributed by atoms with Crippen LogP contribution in [0.2, 0.25) is 5.02 Å². The highest BCUT2D eigenvalue weighted by Crippen LogP contribution is 2.34. The summed E-state index contributed by atoms with van der Waals surface area (Å²) in [6.07, 6.45) is 0.757. The number of thioether (sulfide) groups is 2. The minimum atomic E-state index is -0.186. The van der Waals surface area contributed by atoms with E-state index < -0.39 is 0 Å². The van der Waals surface area contributed by atoms with Crippen molar-refractivity contribution in [1.29, 1.82) is 0 Å². The lowest BCUT2D eigenvalue weighted by molar-refractivity contribution is -0.113. The van der Waals surface area contributed by atoms with Crippen molar-refractivity contribution in [2.45, 2.75) is 28.6 Å². The van der Waals surface area contributed by atoms with Gasteiger partial charge in [-0.3, -0.25) is 14.2 Å². The molecule has 1 unspecified atom stereocenters. The van der Waals surface area contributed by atoms with E-state index in [9.17, 15) is 9.59 Å². The minimum Gasteiger partial charge on any atom is -0.325 e. The third-order valence-electron chi connectivity index (χ3n) is 4.34. The summed E-state index contributed by atoms with van der Waals surface area (Å²) in [5, 5.41) is 4.22. The number of nitrogens with one attached hydrogen (secondary N) is 1. The maximum atomic E-state index is 13.2. The average molecular weight is 444 g/mol. The number of hydrogen-bond donors (Lipinski definition) is 1. The van der Waals surface area contributed by atoms with Crippen molar-refractivity contribution in [2.24, 2.45) is 0 Å². The Hall–Kier alpha value is -2.22. The zero-order valence-corrected chi connectivity index (χ0v) is 18.0. The van der Waals surface area contributed by atoms with Crippen LogP contribution in [0.1, 0.15) is 12.6 Å². The second kappa shape index (κ2) is 8.65. The molecular formula is C21H18ClN3O2S2. The zero-order valence-electron chi connectivity index (χ0n) is 15.6. The fraction of sp³-hybridized carbons (Fsp3) is 0.190. The summed E-state index contributed by atoms with van der Waals surface area (Å²) in [5.41, 5.74) is 2.12. The molecule has 5 nitrogen and oxygen atoms in total. The summed E-state index contributed by atoms with van der Waals surface area (Å²) < 4.78 is 1.60. The first-order valence-corrected chi connectivity index (χ1v) is 11.3. The Morgan fingerprint density at radius 2 is 2.07 bits per heavy atom. The Kier molecular flexibility index (Phi) is 5.99. The molecule has 1 aliphatic heterocycles. The van der Waals surface area contributed by atoms with Crippen LogP contribution in [0.15, 0.2) is 69.4 Å². The monoisotopic (exact) mass is 443 g/mol. The van der Waals surface area contributed by atoms with Gasteiger partial charge in [-0.05, 0) is 30.3 Å². The van der Waals surface area contributed by atoms with Gasteiger partial charge in [-0.1, -0.05) is 54.6 Å². The van der Waals surface area contributed by atoms with Crippen LogP contribution < -0.4 is 10.9 Å². The summed E-state index contributed by atoms with van der Waals surface area (Å²) in [6, 6.07) is 16.4. The maximum absolute atomic E-state index is 13.2. The summed E-state index contributed by atoms with van der Waals surface area (Å²) in [7, 11) is 0. The highest BCUT2D eigenvalue weighted by atomic mass is 35.5. The molecule has 1 aromatic heterocycles. The number of halogens is 1. The van der Waals surface area contributed by atoms with Crippen LogP contribution in [0.3, 0.4) is 0 Å². The number of anilines is 1. The average Bonchev–Trinajstić information content (AvgIpc) is 3.08. The molecular weight excluding hydrogens is 426 g/mol. The van der Waals surface area contributed by atoms with Gasteiger partial charge >= 0.3 is 0 Å². The van der Waals surface area contributed by atoms with Crippen molar-refractivity contribution in [1.82, 2.24) is 9.55 Å². The quantitative estimate of drug-likeness (QED) is 0.459. The number of para-hydroxylation sites is 1. The Morgan fingerprint density at radius 1 is 1.28 bits per heavy atom. The van der Waals surface area contributed by atoms with Crippen molar-refractivity contribution in [3.63, 3.8) is 0 Å². The normalized spacial score (nSPS) is 15.2. The second-order valence-corrected chi connectivity index (χ2v) is 9.45. The predicted octanol–water partition coefficient (Wildman–Crippen LogP) is 4.65. The Labute approximate surface area is 181 Å². The summed E-state index contributed by atoms with van der Waals surface area (Å²) >= 11 is 8.78. The van der Waals surface area contributed by atoms with Gasteiger partial charge in [0.15, 0.2) is 5.16 Å². The minimum absolute atomic E-state index is 0.0756. The molecule has 3 aromatic rings. The molecule has 0 saturated carbocycles. The number of fused-ring (bicyclic) bond motifs is 1. The molecule has 148 valence electrons. The van der Waals surface area contributed by atoms with Gasteiger partial charge in [0.2, 0.25) is 5.91 Å². The van der Waals surface area contributed by atoms with Crippen LogP contribution in [0, 0.1) is 0 Å². The molecule has 1 atom stereocenters. The number of rotatable bonds is 5. The highest BCUT2D eigenvalue weighted by molar-refractivity contribution is 8.00. The van der Waals surface area contributed by atoms with Gasteiger partial charge in [0, 0.05) is 22.4 Å². The lowest BCUT2D eigenvalue weighted by atomic mass is 10.2. The maximum Gasteiger partial charge on any atom is 0.272 e. The smallest absolute Gasteiger partial charge is 0.272 e. The van der Waals surface area contributed by atoms with Crippen LogP contribution in [0.25, 0.3) is 5.69 Å². The van der Waals surface area contributed by atoms with Crippen LogP contribution in [0.4, 0.5) is 5.69 Å². The standard InChI is InChI=1S/C21H18ClN3O2S2/c1-13-10-17-19(29-13)20(27)25(16-8-3-2-4-9-16)21(24-17)28-12-18(26)23-15-7-5-6-14(22)11-15/h2-9,11,13H,10,12H2,1H3,(H,23,26). The summed E-state index contributed by atoms with van der Waals surface area (Å²) in [4.78, 5) is 31.0. The van der Waals surface area contributed by atoms with Crippen molar-refractivity contribution < 1.29 is 4.79 Å². The largest absolute Gasteiger partial charge is 0.325 e. The van der Waals surface area contributed by atoms with E-state index >= 15 is 0 Å². The van der Waals surface area contributed by atoms with Crippen LogP contribution in [-0.4, -0.2) is 26.5 Å². The fourth-order valence-corrected chi connectivity index (χ4v) is 5.21. The molecule has 0 saturated heterocycles. The molecule has 1 aliphatic rings. The van der Waals surface area contributed by atoms with Gasteiger partial charge in [0.1, 0.15) is 0 Å². The van der Waals surface area contributed by atoms with E-state index in [1.54, 1.807) is 40.6 Å². The van der Waals surface area contributed by atoms with Crippen LogP contribution >= 0.6 is 35.1 Å². The first-order chi connectivity index (χ1) is 14.0. The lowest BCUT2D eigenvalue weighted by Gasteiger charge is -2.13. The third-order valence-corrected chi connectivity index (χ3v) is 6.72. The number of amides is 1. The topological polar surface area (TPSA) is 64.0 Å². The number of aromatic nitrogens is 2. The first-order valence-electron chi connectivity index (χ1n) is 9.07. The predicted molar refractivity (Wildman–Crippen MR) is 120 cm³/mol. The fourth-order valence-electron chi connectivity index (χ4n) is 3.09. The van der Waals surface area contributed by atoms with Gasteiger partial charge in [-0.25, -0.2) is 4.98 Å². The molecule has 0 fully saturated rings. The van der Waals surface area contributed by atoms with Crippen molar-refractivity contribution in [3.05, 3.63) is 75.7 Å². The van der Waals surface area contributed by atoms with E-state index in [1.165, 1.54) is 11.8 Å². The number of carbonyl (C=O) groups excluding carboxylic acids is 1. The van der Waals surface area contributed by atoms with Crippen molar-refractivity contribution in [2.75, 3.05) is 11.1 Å². The first kappa shape index (κ1) is 20.1. The molecule has 4 rings (SSSR count). The van der Waals surface area contributed by atoms with Gasteiger partial charge in [0.25, 0.3) is 5.56 Å². The lowest BCUT2D eigenvalue weighted by Crippen LogP contribution is -2.24. The van der Waals surface area contributed by atoms with Gasteiger partial charge < -0.3 is 5.32 Å². The van der Waals surface area contributed by atoms with Gasteiger partial charge in [0.05, 0.1) is 22.0 Å². The van der Waals surface area contributed by atoms with E-state index in [0.717, 1.165) is 17.8 Å². The Balaban J connectivity index is 1.61. The van der Waals surface area contributed by atoms with Crippen molar-refractivity contribution >= 4 is 46.7 Å². The van der Waals surface area contributed by atoms with E-state index in [2.05, 4.69) is 12.2 Å². The molecule has 29 heavy (non-hydrogen) atoms. The molecule has 0 radical (unpaired) electrons. The Morgan fingerprint density at radius 3 is 2.83 bits per heavy atom. The molecule has 2 heterocycles. The summed E-state index contributed by atoms with van der Waals surface area (Å²) in [5.74, 6) is -0.0536. The SMILES string of the molecule is CC1Cc2nc(SCC(=O)Nc3cccc(Cl)c3)n(-c3ccccc3)c(=O)c2S1. The van der Waals surface area contributed by atoms with E-state index in [0.29, 0.717) is 26.0 Å². The number of benzene rings is 2. The zero-order chi connectivity index (χ0) is 20.4. The van der Waals surface area contributed by atoms with E-state index in [1.807, 2.05) is 30.3 Å². The molecule has 8 heteroatoms. The third kappa shape index (κ3) is 4.52. The molecule has 1 amide bonds. The number of carbonyl (C=O) groups is 1. The number of nitrogens with zero attached hydrogens (tertiary/aromatic N) is 2. The van der Waals surface area contributed by atoms with Gasteiger partial charge in [-0.2, -0.15) is 0 Å². The highest BCUT2D eigenvalue weighted by Gasteiger charge is 2.27. The van der Waals surface area contributed by atoms with Crippen molar-refractivity contribution in [3.8, 4) is 5.69 Å². The van der Waals surface area contributed by atoms with Crippen LogP contribution in [0.5, 0.6) is 0 Å². The van der Waals surface area contributed by atoms with E-state index in [-0.39, 0.29) is 17.2 Å².